The second-order valence-electron chi connectivity index (χ2n) is 4.75. The van der Waals surface area contributed by atoms with Gasteiger partial charge < -0.3 is 11.1 Å². The lowest BCUT2D eigenvalue weighted by Gasteiger charge is -2.15. The van der Waals surface area contributed by atoms with Gasteiger partial charge in [0.1, 0.15) is 0 Å². The van der Waals surface area contributed by atoms with Gasteiger partial charge in [0.15, 0.2) is 0 Å². The molecular weight excluding hydrogens is 184 g/mol. The summed E-state index contributed by atoms with van der Waals surface area (Å²) < 4.78 is 0. The highest BCUT2D eigenvalue weighted by atomic mass is 15.0. The normalized spacial score (nSPS) is 26.1. The van der Waals surface area contributed by atoms with Crippen molar-refractivity contribution in [2.45, 2.75) is 31.7 Å². The van der Waals surface area contributed by atoms with E-state index in [9.17, 15) is 0 Å². The third-order valence-corrected chi connectivity index (χ3v) is 3.29. The van der Waals surface area contributed by atoms with Gasteiger partial charge in [-0.3, -0.25) is 0 Å². The van der Waals surface area contributed by atoms with Crippen LogP contribution in [0.3, 0.4) is 0 Å². The Morgan fingerprint density at radius 2 is 1.87 bits per heavy atom. The fourth-order valence-corrected chi connectivity index (χ4v) is 2.19. The molecule has 0 radical (unpaired) electrons. The highest BCUT2D eigenvalue weighted by Crippen LogP contribution is 2.23. The Labute approximate surface area is 91.9 Å². The van der Waals surface area contributed by atoms with Crippen molar-refractivity contribution < 1.29 is 0 Å². The maximum absolute atomic E-state index is 6.05. The summed E-state index contributed by atoms with van der Waals surface area (Å²) in [6.07, 6.45) is 0. The highest BCUT2D eigenvalue weighted by Gasteiger charge is 2.24. The van der Waals surface area contributed by atoms with Gasteiger partial charge in [0.2, 0.25) is 0 Å². The molecule has 1 aromatic carbocycles. The zero-order chi connectivity index (χ0) is 10.8. The summed E-state index contributed by atoms with van der Waals surface area (Å²) in [5, 5.41) is 3.33. The third kappa shape index (κ3) is 2.21. The van der Waals surface area contributed by atoms with Crippen LogP contribution in [0.15, 0.2) is 24.3 Å². The second kappa shape index (κ2) is 4.33. The number of nitrogens with one attached hydrogen (secondary N) is 1. The molecular formula is C13H20N2. The zero-order valence-corrected chi connectivity index (χ0v) is 9.53. The molecule has 0 aliphatic carbocycles. The summed E-state index contributed by atoms with van der Waals surface area (Å²) >= 11 is 0. The largest absolute Gasteiger partial charge is 0.326 e. The number of rotatable bonds is 2. The van der Waals surface area contributed by atoms with Crippen molar-refractivity contribution in [1.29, 1.82) is 0 Å². The molecule has 1 saturated heterocycles. The molecule has 2 atom stereocenters. The van der Waals surface area contributed by atoms with Crippen LogP contribution in [0.2, 0.25) is 0 Å². The first-order valence-corrected chi connectivity index (χ1v) is 5.74. The number of nitrogens with two attached hydrogens (primary N) is 1. The minimum Gasteiger partial charge on any atom is -0.326 e. The summed E-state index contributed by atoms with van der Waals surface area (Å²) in [6.45, 7) is 6.40. The van der Waals surface area contributed by atoms with Crippen molar-refractivity contribution in [2.24, 2.45) is 5.73 Å². The molecule has 3 N–H and O–H groups in total. The van der Waals surface area contributed by atoms with Crippen LogP contribution in [0.4, 0.5) is 0 Å². The van der Waals surface area contributed by atoms with Gasteiger partial charge in [0, 0.05) is 25.0 Å². The molecule has 1 aliphatic heterocycles. The first-order valence-electron chi connectivity index (χ1n) is 5.74. The monoisotopic (exact) mass is 204 g/mol. The molecule has 0 saturated carbocycles. The molecule has 1 aliphatic rings. The Bertz CT molecular complexity index is 316. The van der Waals surface area contributed by atoms with Crippen molar-refractivity contribution in [3.05, 3.63) is 35.4 Å². The van der Waals surface area contributed by atoms with E-state index in [1.54, 1.807) is 0 Å². The van der Waals surface area contributed by atoms with Crippen LogP contribution in [0.25, 0.3) is 0 Å². The number of benzene rings is 1. The lowest BCUT2D eigenvalue weighted by molar-refractivity contribution is 0.653. The Morgan fingerprint density at radius 3 is 2.33 bits per heavy atom. The summed E-state index contributed by atoms with van der Waals surface area (Å²) in [5.41, 5.74) is 8.82. The third-order valence-electron chi connectivity index (χ3n) is 3.29. The maximum atomic E-state index is 6.05. The summed E-state index contributed by atoms with van der Waals surface area (Å²) in [7, 11) is 0. The average Bonchev–Trinajstić information content (AvgIpc) is 2.65. The minimum absolute atomic E-state index is 0.273. The van der Waals surface area contributed by atoms with Crippen molar-refractivity contribution in [3.8, 4) is 0 Å². The van der Waals surface area contributed by atoms with E-state index in [1.807, 2.05) is 0 Å². The van der Waals surface area contributed by atoms with Gasteiger partial charge in [0.25, 0.3) is 0 Å². The van der Waals surface area contributed by atoms with Gasteiger partial charge in [-0.05, 0) is 17.0 Å². The lowest BCUT2D eigenvalue weighted by atomic mass is 9.92. The lowest BCUT2D eigenvalue weighted by Crippen LogP contribution is -2.27. The molecule has 0 aromatic heterocycles. The molecule has 2 rings (SSSR count). The minimum atomic E-state index is 0.273. The van der Waals surface area contributed by atoms with Gasteiger partial charge in [-0.15, -0.1) is 0 Å². The van der Waals surface area contributed by atoms with Crippen molar-refractivity contribution >= 4 is 0 Å². The molecule has 15 heavy (non-hydrogen) atoms. The van der Waals surface area contributed by atoms with E-state index in [4.69, 9.17) is 5.73 Å². The quantitative estimate of drug-likeness (QED) is 0.771. The smallest absolute Gasteiger partial charge is 0.0247 e. The van der Waals surface area contributed by atoms with Crippen LogP contribution < -0.4 is 11.1 Å². The predicted octanol–water partition coefficient (Wildman–Crippen LogP) is 1.82. The molecule has 1 fully saturated rings. The van der Waals surface area contributed by atoms with Crippen LogP contribution in [-0.4, -0.2) is 19.1 Å². The maximum Gasteiger partial charge on any atom is 0.0247 e. The van der Waals surface area contributed by atoms with Gasteiger partial charge in [0.05, 0.1) is 0 Å². The molecule has 0 spiro atoms. The van der Waals surface area contributed by atoms with Crippen LogP contribution >= 0.6 is 0 Å². The molecule has 0 bridgehead atoms. The van der Waals surface area contributed by atoms with Gasteiger partial charge in [-0.2, -0.15) is 0 Å². The van der Waals surface area contributed by atoms with E-state index in [-0.39, 0.29) is 6.04 Å². The van der Waals surface area contributed by atoms with Crippen LogP contribution in [0.5, 0.6) is 0 Å². The first kappa shape index (κ1) is 10.7. The summed E-state index contributed by atoms with van der Waals surface area (Å²) in [4.78, 5) is 0. The fraction of sp³-hybridized carbons (Fsp3) is 0.538. The molecule has 2 nitrogen and oxygen atoms in total. The number of hydrogen-bond acceptors (Lipinski definition) is 2. The first-order chi connectivity index (χ1) is 7.18. The molecule has 2 heteroatoms. The van der Waals surface area contributed by atoms with Gasteiger partial charge >= 0.3 is 0 Å². The topological polar surface area (TPSA) is 38.0 Å². The van der Waals surface area contributed by atoms with E-state index < -0.39 is 0 Å². The molecule has 1 heterocycles. The Hall–Kier alpha value is -0.860. The predicted molar refractivity (Wildman–Crippen MR) is 64.1 cm³/mol. The zero-order valence-electron chi connectivity index (χ0n) is 9.53. The molecule has 2 unspecified atom stereocenters. The van der Waals surface area contributed by atoms with Crippen LogP contribution in [-0.2, 0) is 0 Å². The summed E-state index contributed by atoms with van der Waals surface area (Å²) in [5.74, 6) is 1.10. The van der Waals surface area contributed by atoms with Crippen LogP contribution in [0, 0.1) is 0 Å². The van der Waals surface area contributed by atoms with E-state index in [1.165, 1.54) is 11.1 Å². The average molecular weight is 204 g/mol. The fourth-order valence-electron chi connectivity index (χ4n) is 2.19. The van der Waals surface area contributed by atoms with E-state index in [0.29, 0.717) is 11.8 Å². The number of hydrogen-bond donors (Lipinski definition) is 2. The Kier molecular flexibility index (Phi) is 3.08. The standard InChI is InChI=1S/C13H20N2/c1-9(2)10-3-5-11(6-4-10)12-7-15-8-13(12)14/h3-6,9,12-13,15H,7-8,14H2,1-2H3. The summed E-state index contributed by atoms with van der Waals surface area (Å²) in [6, 6.07) is 9.19. The molecule has 1 aromatic rings. The molecule has 82 valence electrons. The van der Waals surface area contributed by atoms with Crippen molar-refractivity contribution in [1.82, 2.24) is 5.32 Å². The second-order valence-corrected chi connectivity index (χ2v) is 4.75. The van der Waals surface area contributed by atoms with E-state index >= 15 is 0 Å². The van der Waals surface area contributed by atoms with Crippen molar-refractivity contribution in [3.63, 3.8) is 0 Å². The highest BCUT2D eigenvalue weighted by molar-refractivity contribution is 5.29. The van der Waals surface area contributed by atoms with Gasteiger partial charge in [-0.1, -0.05) is 38.1 Å². The van der Waals surface area contributed by atoms with Gasteiger partial charge in [-0.25, -0.2) is 0 Å². The van der Waals surface area contributed by atoms with Crippen LogP contribution in [0.1, 0.15) is 36.8 Å². The Balaban J connectivity index is 2.16. The Morgan fingerprint density at radius 1 is 1.20 bits per heavy atom. The van der Waals surface area contributed by atoms with E-state index in [0.717, 1.165) is 13.1 Å². The SMILES string of the molecule is CC(C)c1ccc(C2CNCC2N)cc1. The van der Waals surface area contributed by atoms with E-state index in [2.05, 4.69) is 43.4 Å². The molecule has 0 amide bonds. The van der Waals surface area contributed by atoms with Crippen molar-refractivity contribution in [2.75, 3.05) is 13.1 Å².